The Morgan fingerprint density at radius 2 is 1.92 bits per heavy atom. The molecule has 3 aromatic rings. The van der Waals surface area contributed by atoms with Crippen LogP contribution < -0.4 is 14.8 Å². The van der Waals surface area contributed by atoms with Crippen LogP contribution in [-0.4, -0.2) is 24.1 Å². The molecule has 1 aliphatic heterocycles. The van der Waals surface area contributed by atoms with Crippen LogP contribution in [0.5, 0.6) is 11.5 Å². The molecule has 1 aliphatic rings. The standard InChI is InChI=1S/C18H13IN2O3S/c19-13-4-2-1-3-12(13)17(22)21-18-20-14(10-25-18)11-5-6-15-16(9-11)24-8-7-23-15/h1-6,9-10H,7-8H2,(H,20,21,22). The molecule has 0 saturated heterocycles. The molecular formula is C18H13IN2O3S. The average molecular weight is 464 g/mol. The van der Waals surface area contributed by atoms with E-state index in [2.05, 4.69) is 32.9 Å². The molecule has 0 bridgehead atoms. The summed E-state index contributed by atoms with van der Waals surface area (Å²) in [7, 11) is 0. The molecule has 0 saturated carbocycles. The van der Waals surface area contributed by atoms with Gasteiger partial charge in [-0.1, -0.05) is 12.1 Å². The van der Waals surface area contributed by atoms with Crippen LogP contribution in [0.3, 0.4) is 0 Å². The van der Waals surface area contributed by atoms with Crippen molar-refractivity contribution in [2.75, 3.05) is 18.5 Å². The van der Waals surface area contributed by atoms with Crippen molar-refractivity contribution in [2.24, 2.45) is 0 Å². The van der Waals surface area contributed by atoms with Gasteiger partial charge in [0.25, 0.3) is 5.91 Å². The zero-order chi connectivity index (χ0) is 17.2. The van der Waals surface area contributed by atoms with Gasteiger partial charge >= 0.3 is 0 Å². The van der Waals surface area contributed by atoms with Crippen molar-refractivity contribution in [2.45, 2.75) is 0 Å². The number of nitrogens with zero attached hydrogens (tertiary/aromatic N) is 1. The van der Waals surface area contributed by atoms with Crippen molar-refractivity contribution in [1.29, 1.82) is 0 Å². The second kappa shape index (κ2) is 7.01. The van der Waals surface area contributed by atoms with E-state index in [0.29, 0.717) is 23.9 Å². The number of aromatic nitrogens is 1. The average Bonchev–Trinajstić information content (AvgIpc) is 3.10. The summed E-state index contributed by atoms with van der Waals surface area (Å²) in [6.07, 6.45) is 0. The molecule has 126 valence electrons. The third kappa shape index (κ3) is 3.47. The normalized spacial score (nSPS) is 12.7. The smallest absolute Gasteiger partial charge is 0.258 e. The van der Waals surface area contributed by atoms with Gasteiger partial charge in [-0.2, -0.15) is 0 Å². The van der Waals surface area contributed by atoms with Gasteiger partial charge in [-0.15, -0.1) is 11.3 Å². The molecule has 0 unspecified atom stereocenters. The first-order chi connectivity index (χ1) is 12.2. The molecule has 0 spiro atoms. The summed E-state index contributed by atoms with van der Waals surface area (Å²) in [5, 5.41) is 5.34. The van der Waals surface area contributed by atoms with Gasteiger partial charge in [0.15, 0.2) is 16.6 Å². The Kier molecular flexibility index (Phi) is 4.58. The van der Waals surface area contributed by atoms with Crippen LogP contribution in [0, 0.1) is 3.57 Å². The van der Waals surface area contributed by atoms with Crippen molar-refractivity contribution in [3.63, 3.8) is 0 Å². The number of anilines is 1. The van der Waals surface area contributed by atoms with Crippen LogP contribution in [0.2, 0.25) is 0 Å². The summed E-state index contributed by atoms with van der Waals surface area (Å²) < 4.78 is 12.0. The van der Waals surface area contributed by atoms with Gasteiger partial charge < -0.3 is 9.47 Å². The third-order valence-corrected chi connectivity index (χ3v) is 5.38. The molecule has 7 heteroatoms. The summed E-state index contributed by atoms with van der Waals surface area (Å²) in [5.41, 5.74) is 2.36. The second-order valence-electron chi connectivity index (χ2n) is 5.33. The highest BCUT2D eigenvalue weighted by Crippen LogP contribution is 2.35. The monoisotopic (exact) mass is 464 g/mol. The molecule has 5 nitrogen and oxygen atoms in total. The maximum Gasteiger partial charge on any atom is 0.258 e. The van der Waals surface area contributed by atoms with Crippen LogP contribution in [0.4, 0.5) is 5.13 Å². The van der Waals surface area contributed by atoms with E-state index in [9.17, 15) is 4.79 Å². The molecule has 0 atom stereocenters. The molecule has 1 amide bonds. The summed E-state index contributed by atoms with van der Waals surface area (Å²) in [6.45, 7) is 1.11. The third-order valence-electron chi connectivity index (χ3n) is 3.68. The van der Waals surface area contributed by atoms with Crippen LogP contribution in [0.15, 0.2) is 47.8 Å². The first kappa shape index (κ1) is 16.3. The molecule has 1 N–H and O–H groups in total. The van der Waals surface area contributed by atoms with Gasteiger partial charge in [0.1, 0.15) is 13.2 Å². The lowest BCUT2D eigenvalue weighted by atomic mass is 10.1. The number of hydrogen-bond donors (Lipinski definition) is 1. The number of benzene rings is 2. The molecule has 25 heavy (non-hydrogen) atoms. The summed E-state index contributed by atoms with van der Waals surface area (Å²) in [6, 6.07) is 13.2. The van der Waals surface area contributed by atoms with E-state index in [1.54, 1.807) is 6.07 Å². The number of ether oxygens (including phenoxy) is 2. The Morgan fingerprint density at radius 1 is 1.12 bits per heavy atom. The summed E-state index contributed by atoms with van der Waals surface area (Å²) >= 11 is 3.54. The minimum absolute atomic E-state index is 0.159. The lowest BCUT2D eigenvalue weighted by molar-refractivity contribution is 0.102. The molecular weight excluding hydrogens is 451 g/mol. The summed E-state index contributed by atoms with van der Waals surface area (Å²) in [4.78, 5) is 16.9. The molecule has 0 aliphatic carbocycles. The maximum absolute atomic E-state index is 12.4. The number of halogens is 1. The number of thiazole rings is 1. The number of nitrogens with one attached hydrogen (secondary N) is 1. The van der Waals surface area contributed by atoms with Crippen molar-refractivity contribution < 1.29 is 14.3 Å². The minimum atomic E-state index is -0.159. The topological polar surface area (TPSA) is 60.5 Å². The molecule has 4 rings (SSSR count). The van der Waals surface area contributed by atoms with Gasteiger partial charge in [0, 0.05) is 14.5 Å². The van der Waals surface area contributed by atoms with E-state index in [0.717, 1.165) is 26.3 Å². The lowest BCUT2D eigenvalue weighted by Gasteiger charge is -2.18. The van der Waals surface area contributed by atoms with E-state index in [4.69, 9.17) is 9.47 Å². The minimum Gasteiger partial charge on any atom is -0.486 e. The van der Waals surface area contributed by atoms with Crippen LogP contribution >= 0.6 is 33.9 Å². The Hall–Kier alpha value is -2.13. The first-order valence-corrected chi connectivity index (χ1v) is 9.58. The van der Waals surface area contributed by atoms with Gasteiger partial charge in [0.05, 0.1) is 11.3 Å². The molecule has 0 fully saturated rings. The van der Waals surface area contributed by atoms with Crippen molar-refractivity contribution in [3.05, 3.63) is 57.0 Å². The lowest BCUT2D eigenvalue weighted by Crippen LogP contribution is -2.15. The molecule has 2 aromatic carbocycles. The number of carbonyl (C=O) groups is 1. The number of rotatable bonds is 3. The highest BCUT2D eigenvalue weighted by atomic mass is 127. The highest BCUT2D eigenvalue weighted by molar-refractivity contribution is 14.1. The van der Waals surface area contributed by atoms with Crippen molar-refractivity contribution in [1.82, 2.24) is 4.98 Å². The Labute approximate surface area is 162 Å². The Balaban J connectivity index is 1.54. The molecule has 0 radical (unpaired) electrons. The zero-order valence-corrected chi connectivity index (χ0v) is 16.0. The first-order valence-electron chi connectivity index (χ1n) is 7.62. The van der Waals surface area contributed by atoms with Gasteiger partial charge in [-0.3, -0.25) is 10.1 Å². The predicted octanol–water partition coefficient (Wildman–Crippen LogP) is 4.44. The number of carbonyl (C=O) groups excluding carboxylic acids is 1. The van der Waals surface area contributed by atoms with Gasteiger partial charge in [-0.25, -0.2) is 4.98 Å². The van der Waals surface area contributed by atoms with Crippen LogP contribution in [0.25, 0.3) is 11.3 Å². The van der Waals surface area contributed by atoms with E-state index in [1.807, 2.05) is 41.8 Å². The van der Waals surface area contributed by atoms with Gasteiger partial charge in [0.2, 0.25) is 0 Å². The van der Waals surface area contributed by atoms with Crippen LogP contribution in [-0.2, 0) is 0 Å². The molecule has 2 heterocycles. The van der Waals surface area contributed by atoms with E-state index in [-0.39, 0.29) is 5.91 Å². The van der Waals surface area contributed by atoms with Crippen molar-refractivity contribution >= 4 is 45.0 Å². The Bertz CT molecular complexity index is 942. The predicted molar refractivity (Wildman–Crippen MR) is 106 cm³/mol. The number of fused-ring (bicyclic) bond motifs is 1. The van der Waals surface area contributed by atoms with E-state index >= 15 is 0 Å². The fourth-order valence-electron chi connectivity index (χ4n) is 2.48. The van der Waals surface area contributed by atoms with Gasteiger partial charge in [-0.05, 0) is 52.9 Å². The van der Waals surface area contributed by atoms with E-state index in [1.165, 1.54) is 11.3 Å². The second-order valence-corrected chi connectivity index (χ2v) is 7.35. The largest absolute Gasteiger partial charge is 0.486 e. The summed E-state index contributed by atoms with van der Waals surface area (Å²) in [5.74, 6) is 1.31. The molecule has 1 aromatic heterocycles. The Morgan fingerprint density at radius 3 is 2.76 bits per heavy atom. The van der Waals surface area contributed by atoms with Crippen molar-refractivity contribution in [3.8, 4) is 22.8 Å². The van der Waals surface area contributed by atoms with E-state index < -0.39 is 0 Å². The fourth-order valence-corrected chi connectivity index (χ4v) is 3.82. The fraction of sp³-hybridized carbons (Fsp3) is 0.111. The highest BCUT2D eigenvalue weighted by Gasteiger charge is 2.15. The number of hydrogen-bond acceptors (Lipinski definition) is 5. The maximum atomic E-state index is 12.4. The quantitative estimate of drug-likeness (QED) is 0.583. The van der Waals surface area contributed by atoms with Crippen LogP contribution in [0.1, 0.15) is 10.4 Å². The zero-order valence-electron chi connectivity index (χ0n) is 13.0. The number of amides is 1. The SMILES string of the molecule is O=C(Nc1nc(-c2ccc3c(c2)OCCO3)cs1)c1ccccc1I.